The molecule has 0 amide bonds. The number of hydrogen-bond acceptors (Lipinski definition) is 6. The summed E-state index contributed by atoms with van der Waals surface area (Å²) in [7, 11) is 0. The predicted molar refractivity (Wildman–Crippen MR) is 279 cm³/mol. The molecule has 0 aliphatic heterocycles. The third-order valence-corrected chi connectivity index (χ3v) is 12.1. The number of carbonyl (C=O) groups excluding carboxylic acids is 3. The lowest BCUT2D eigenvalue weighted by Gasteiger charge is -2.18. The molecule has 0 rings (SSSR count). The van der Waals surface area contributed by atoms with Crippen molar-refractivity contribution in [2.75, 3.05) is 13.2 Å². The summed E-state index contributed by atoms with van der Waals surface area (Å²) >= 11 is 0. The van der Waals surface area contributed by atoms with Gasteiger partial charge < -0.3 is 14.2 Å². The van der Waals surface area contributed by atoms with Gasteiger partial charge in [-0.1, -0.05) is 255 Å². The van der Waals surface area contributed by atoms with Gasteiger partial charge >= 0.3 is 17.9 Å². The predicted octanol–water partition coefficient (Wildman–Crippen LogP) is 18.4. The molecule has 0 spiro atoms. The first-order valence-corrected chi connectivity index (χ1v) is 27.8. The van der Waals surface area contributed by atoms with Crippen LogP contribution in [0.1, 0.15) is 278 Å². The second kappa shape index (κ2) is 53.7. The van der Waals surface area contributed by atoms with E-state index in [0.717, 1.165) is 96.3 Å². The van der Waals surface area contributed by atoms with Gasteiger partial charge in [0.15, 0.2) is 6.10 Å². The molecular formula is C59H104O6. The molecular weight excluding hydrogens is 805 g/mol. The summed E-state index contributed by atoms with van der Waals surface area (Å²) in [5, 5.41) is 0. The van der Waals surface area contributed by atoms with E-state index < -0.39 is 6.10 Å². The third-order valence-electron chi connectivity index (χ3n) is 12.1. The number of carbonyl (C=O) groups is 3. The average molecular weight is 909 g/mol. The van der Waals surface area contributed by atoms with Crippen LogP contribution in [0.25, 0.3) is 0 Å². The molecule has 6 heteroatoms. The molecule has 65 heavy (non-hydrogen) atoms. The van der Waals surface area contributed by atoms with E-state index in [-0.39, 0.29) is 31.1 Å². The van der Waals surface area contributed by atoms with E-state index >= 15 is 0 Å². The molecule has 0 saturated carbocycles. The maximum Gasteiger partial charge on any atom is 0.306 e. The smallest absolute Gasteiger partial charge is 0.306 e. The molecule has 1 unspecified atom stereocenters. The van der Waals surface area contributed by atoms with E-state index in [1.165, 1.54) is 141 Å². The lowest BCUT2D eigenvalue weighted by atomic mass is 10.0. The highest BCUT2D eigenvalue weighted by atomic mass is 16.6. The fourth-order valence-corrected chi connectivity index (χ4v) is 7.90. The van der Waals surface area contributed by atoms with E-state index in [4.69, 9.17) is 14.2 Å². The Morgan fingerprint density at radius 3 is 0.969 bits per heavy atom. The maximum absolute atomic E-state index is 12.8. The molecule has 0 aliphatic rings. The molecule has 1 atom stereocenters. The molecule has 0 heterocycles. The fourth-order valence-electron chi connectivity index (χ4n) is 7.90. The van der Waals surface area contributed by atoms with Crippen molar-refractivity contribution in [2.24, 2.45) is 0 Å². The van der Waals surface area contributed by atoms with Gasteiger partial charge in [-0.3, -0.25) is 14.4 Å². The van der Waals surface area contributed by atoms with Gasteiger partial charge in [-0.2, -0.15) is 0 Å². The van der Waals surface area contributed by atoms with E-state index in [9.17, 15) is 14.4 Å². The summed E-state index contributed by atoms with van der Waals surface area (Å²) in [6.07, 6.45) is 66.4. The Morgan fingerprint density at radius 2 is 0.600 bits per heavy atom. The van der Waals surface area contributed by atoms with E-state index in [0.29, 0.717) is 19.3 Å². The van der Waals surface area contributed by atoms with Crippen molar-refractivity contribution in [1.29, 1.82) is 0 Å². The second-order valence-corrected chi connectivity index (χ2v) is 18.6. The Kier molecular flexibility index (Phi) is 51.3. The molecule has 0 aliphatic carbocycles. The molecule has 6 nitrogen and oxygen atoms in total. The van der Waals surface area contributed by atoms with Crippen molar-refractivity contribution in [3.05, 3.63) is 60.8 Å². The van der Waals surface area contributed by atoms with Crippen LogP contribution in [-0.2, 0) is 28.6 Å². The zero-order chi connectivity index (χ0) is 47.2. The first-order chi connectivity index (χ1) is 32.0. The average Bonchev–Trinajstić information content (AvgIpc) is 3.30. The molecule has 0 bridgehead atoms. The van der Waals surface area contributed by atoms with Crippen LogP contribution in [-0.4, -0.2) is 37.2 Å². The van der Waals surface area contributed by atoms with Gasteiger partial charge in [-0.05, 0) is 64.2 Å². The number of esters is 3. The minimum absolute atomic E-state index is 0.0836. The van der Waals surface area contributed by atoms with Crippen LogP contribution in [0.4, 0.5) is 0 Å². The van der Waals surface area contributed by atoms with Gasteiger partial charge in [0.25, 0.3) is 0 Å². The summed E-state index contributed by atoms with van der Waals surface area (Å²) in [5.74, 6) is -0.907. The molecule has 0 aromatic rings. The second-order valence-electron chi connectivity index (χ2n) is 18.6. The van der Waals surface area contributed by atoms with Gasteiger partial charge in [0.1, 0.15) is 13.2 Å². The molecule has 0 N–H and O–H groups in total. The topological polar surface area (TPSA) is 78.9 Å². The van der Waals surface area contributed by atoms with E-state index in [1.807, 2.05) is 0 Å². The monoisotopic (exact) mass is 909 g/mol. The first kappa shape index (κ1) is 62.1. The summed E-state index contributed by atoms with van der Waals surface area (Å²) in [6.45, 7) is 6.48. The van der Waals surface area contributed by atoms with Crippen LogP contribution in [0.5, 0.6) is 0 Å². The maximum atomic E-state index is 12.8. The summed E-state index contributed by atoms with van der Waals surface area (Å²) in [5.41, 5.74) is 0. The number of unbranched alkanes of at least 4 members (excludes halogenated alkanes) is 32. The Bertz CT molecular complexity index is 1180. The standard InChI is InChI=1S/C59H104O6/c1-4-7-10-13-16-19-22-25-27-28-29-30-32-34-37-40-43-46-49-52-58(61)64-55-56(54-63-57(60)51-48-45-42-39-36-33-24-21-18-15-12-9-6-3)65-59(62)53-50-47-44-41-38-35-31-26-23-20-17-14-11-8-5-2/h9,12,15,17-18,20-21,23-24,26,56H,4-8,10-11,13-14,16,19,22,25,27-55H2,1-3H3/b12-9+,18-15+,20-17+,24-21+,26-23+. The number of allylic oxidation sites excluding steroid dienone is 10. The lowest BCUT2D eigenvalue weighted by Crippen LogP contribution is -2.30. The number of rotatable bonds is 50. The van der Waals surface area contributed by atoms with Crippen molar-refractivity contribution in [2.45, 2.75) is 284 Å². The molecule has 0 aromatic heterocycles. The quantitative estimate of drug-likeness (QED) is 0.0262. The van der Waals surface area contributed by atoms with Gasteiger partial charge in [0, 0.05) is 19.3 Å². The van der Waals surface area contributed by atoms with Crippen molar-refractivity contribution < 1.29 is 28.6 Å². The van der Waals surface area contributed by atoms with Crippen LogP contribution in [0.15, 0.2) is 60.8 Å². The Hall–Kier alpha value is -2.89. The van der Waals surface area contributed by atoms with Crippen LogP contribution in [0.3, 0.4) is 0 Å². The van der Waals surface area contributed by atoms with Gasteiger partial charge in [-0.15, -0.1) is 0 Å². The largest absolute Gasteiger partial charge is 0.462 e. The Balaban J connectivity index is 4.36. The van der Waals surface area contributed by atoms with Crippen molar-refractivity contribution >= 4 is 17.9 Å². The lowest BCUT2D eigenvalue weighted by molar-refractivity contribution is -0.167. The van der Waals surface area contributed by atoms with Crippen LogP contribution in [0, 0.1) is 0 Å². The Labute approximate surface area is 402 Å². The van der Waals surface area contributed by atoms with Gasteiger partial charge in [0.2, 0.25) is 0 Å². The zero-order valence-corrected chi connectivity index (χ0v) is 43.0. The van der Waals surface area contributed by atoms with Crippen LogP contribution >= 0.6 is 0 Å². The van der Waals surface area contributed by atoms with Gasteiger partial charge in [-0.25, -0.2) is 0 Å². The van der Waals surface area contributed by atoms with Crippen molar-refractivity contribution in [1.82, 2.24) is 0 Å². The highest BCUT2D eigenvalue weighted by Gasteiger charge is 2.19. The molecule has 376 valence electrons. The molecule has 0 saturated heterocycles. The highest BCUT2D eigenvalue weighted by molar-refractivity contribution is 5.71. The van der Waals surface area contributed by atoms with Crippen LogP contribution < -0.4 is 0 Å². The van der Waals surface area contributed by atoms with Crippen molar-refractivity contribution in [3.63, 3.8) is 0 Å². The first-order valence-electron chi connectivity index (χ1n) is 27.8. The normalized spacial score (nSPS) is 12.5. The van der Waals surface area contributed by atoms with Crippen LogP contribution in [0.2, 0.25) is 0 Å². The number of hydrogen-bond donors (Lipinski definition) is 0. The zero-order valence-electron chi connectivity index (χ0n) is 43.0. The fraction of sp³-hybridized carbons (Fsp3) is 0.780. The molecule has 0 radical (unpaired) electrons. The summed E-state index contributed by atoms with van der Waals surface area (Å²) < 4.78 is 16.8. The van der Waals surface area contributed by atoms with E-state index in [2.05, 4.69) is 81.5 Å². The minimum Gasteiger partial charge on any atom is -0.462 e. The molecule has 0 aromatic carbocycles. The summed E-state index contributed by atoms with van der Waals surface area (Å²) in [6, 6.07) is 0. The highest BCUT2D eigenvalue weighted by Crippen LogP contribution is 2.16. The third kappa shape index (κ3) is 51.9. The molecule has 0 fully saturated rings. The Morgan fingerprint density at radius 1 is 0.323 bits per heavy atom. The minimum atomic E-state index is -0.787. The SMILES string of the molecule is CC/C=C/C=C/C=C/CCCCCCCC(=O)OCC(COC(=O)CCCCCCCCCCCCCCCCCCCCC)OC(=O)CCCCCCCC/C=C/C=C/CCCCC. The van der Waals surface area contributed by atoms with Gasteiger partial charge in [0.05, 0.1) is 0 Å². The van der Waals surface area contributed by atoms with E-state index in [1.54, 1.807) is 0 Å². The number of ether oxygens (including phenoxy) is 3. The summed E-state index contributed by atoms with van der Waals surface area (Å²) in [4.78, 5) is 38.1. The van der Waals surface area contributed by atoms with Crippen molar-refractivity contribution in [3.8, 4) is 0 Å².